The summed E-state index contributed by atoms with van der Waals surface area (Å²) in [6.07, 6.45) is 4.05. The highest BCUT2D eigenvalue weighted by Crippen LogP contribution is 2.22. The monoisotopic (exact) mass is 360 g/mol. The fourth-order valence-electron chi connectivity index (χ4n) is 2.14. The number of aromatic nitrogens is 1. The van der Waals surface area contributed by atoms with E-state index < -0.39 is 0 Å². The van der Waals surface area contributed by atoms with Gasteiger partial charge in [0.25, 0.3) is 0 Å². The molecule has 2 heterocycles. The van der Waals surface area contributed by atoms with E-state index in [-0.39, 0.29) is 6.10 Å². The van der Waals surface area contributed by atoms with Crippen molar-refractivity contribution in [2.45, 2.75) is 26.6 Å². The molecule has 3 rings (SSSR count). The van der Waals surface area contributed by atoms with Gasteiger partial charge in [-0.25, -0.2) is 0 Å². The lowest BCUT2D eigenvalue weighted by Crippen LogP contribution is -2.09. The van der Waals surface area contributed by atoms with Gasteiger partial charge in [-0.1, -0.05) is 37.2 Å². The molecule has 1 aliphatic heterocycles. The summed E-state index contributed by atoms with van der Waals surface area (Å²) in [5.41, 5.74) is 1.76. The molecule has 0 saturated carbocycles. The highest BCUT2D eigenvalue weighted by Gasteiger charge is 2.23. The molecule has 6 nitrogen and oxygen atoms in total. The largest absolute Gasteiger partial charge is 0.490 e. The summed E-state index contributed by atoms with van der Waals surface area (Å²) >= 11 is 0. The van der Waals surface area contributed by atoms with Gasteiger partial charge < -0.3 is 24.1 Å². The van der Waals surface area contributed by atoms with E-state index in [0.29, 0.717) is 19.0 Å². The van der Waals surface area contributed by atoms with Crippen LogP contribution in [-0.4, -0.2) is 44.7 Å². The molecular weight excluding hydrogens is 332 g/mol. The zero-order valence-electron chi connectivity index (χ0n) is 15.7. The molecule has 1 unspecified atom stereocenters. The van der Waals surface area contributed by atoms with E-state index in [0.717, 1.165) is 36.7 Å². The fourth-order valence-corrected chi connectivity index (χ4v) is 2.14. The lowest BCUT2D eigenvalue weighted by Gasteiger charge is -2.07. The third-order valence-corrected chi connectivity index (χ3v) is 3.54. The minimum Gasteiger partial charge on any atom is -0.490 e. The van der Waals surface area contributed by atoms with Crippen molar-refractivity contribution in [2.75, 3.05) is 33.4 Å². The summed E-state index contributed by atoms with van der Waals surface area (Å²) in [5, 5.41) is 7.02. The highest BCUT2D eigenvalue weighted by molar-refractivity contribution is 5.70. The lowest BCUT2D eigenvalue weighted by atomic mass is 10.2. The van der Waals surface area contributed by atoms with Crippen molar-refractivity contribution in [2.24, 2.45) is 0 Å². The van der Waals surface area contributed by atoms with E-state index in [1.807, 2.05) is 42.5 Å². The molecule has 1 aromatic heterocycles. The Labute approximate surface area is 155 Å². The average Bonchev–Trinajstić information content (AvgIpc) is 3.38. The molecular formula is C20H28N2O4. The Morgan fingerprint density at radius 3 is 2.65 bits per heavy atom. The van der Waals surface area contributed by atoms with Crippen molar-refractivity contribution in [1.82, 2.24) is 10.5 Å². The molecule has 1 fully saturated rings. The number of epoxide rings is 1. The van der Waals surface area contributed by atoms with Gasteiger partial charge >= 0.3 is 0 Å². The molecule has 6 heteroatoms. The van der Waals surface area contributed by atoms with Crippen LogP contribution in [0.3, 0.4) is 0 Å². The predicted molar refractivity (Wildman–Crippen MR) is 102 cm³/mol. The van der Waals surface area contributed by atoms with E-state index in [4.69, 9.17) is 18.7 Å². The van der Waals surface area contributed by atoms with Crippen LogP contribution in [0.15, 0.2) is 34.9 Å². The van der Waals surface area contributed by atoms with Gasteiger partial charge in [0.1, 0.15) is 24.2 Å². The van der Waals surface area contributed by atoms with Gasteiger partial charge in [-0.3, -0.25) is 0 Å². The van der Waals surface area contributed by atoms with Crippen LogP contribution >= 0.6 is 0 Å². The number of benzene rings is 1. The number of rotatable bonds is 9. The molecule has 0 radical (unpaired) electrons. The van der Waals surface area contributed by atoms with Gasteiger partial charge in [-0.05, 0) is 31.3 Å². The van der Waals surface area contributed by atoms with Crippen molar-refractivity contribution >= 4 is 12.2 Å². The Morgan fingerprint density at radius 1 is 1.23 bits per heavy atom. The number of nitrogens with one attached hydrogen (secondary N) is 1. The molecule has 0 spiro atoms. The normalized spacial score (nSPS) is 15.6. The minimum absolute atomic E-state index is 0.243. The number of methoxy groups -OCH3 is 1. The second-order valence-electron chi connectivity index (χ2n) is 5.75. The summed E-state index contributed by atoms with van der Waals surface area (Å²) in [5.74, 6) is 1.52. The van der Waals surface area contributed by atoms with E-state index in [1.54, 1.807) is 7.11 Å². The SMILES string of the molecule is CCNCC.COCc1cc(C=Cc2ccccc2OCC2CO2)on1. The van der Waals surface area contributed by atoms with Gasteiger partial charge in [0.2, 0.25) is 0 Å². The predicted octanol–water partition coefficient (Wildman–Crippen LogP) is 3.38. The van der Waals surface area contributed by atoms with Crippen LogP contribution in [0.5, 0.6) is 5.75 Å². The Balaban J connectivity index is 0.000000431. The van der Waals surface area contributed by atoms with Crippen molar-refractivity contribution in [3.8, 4) is 5.75 Å². The third-order valence-electron chi connectivity index (χ3n) is 3.54. The van der Waals surface area contributed by atoms with Crippen LogP contribution in [-0.2, 0) is 16.1 Å². The van der Waals surface area contributed by atoms with Crippen LogP contribution in [0.2, 0.25) is 0 Å². The first-order chi connectivity index (χ1) is 12.8. The van der Waals surface area contributed by atoms with Crippen molar-refractivity contribution < 1.29 is 18.7 Å². The van der Waals surface area contributed by atoms with Gasteiger partial charge in [0.05, 0.1) is 13.2 Å². The second-order valence-corrected chi connectivity index (χ2v) is 5.75. The number of ether oxygens (including phenoxy) is 3. The number of para-hydroxylation sites is 1. The van der Waals surface area contributed by atoms with Crippen molar-refractivity contribution in [3.63, 3.8) is 0 Å². The van der Waals surface area contributed by atoms with Crippen LogP contribution in [0, 0.1) is 0 Å². The molecule has 1 atom stereocenters. The molecule has 0 bridgehead atoms. The maximum atomic E-state index is 5.75. The zero-order valence-corrected chi connectivity index (χ0v) is 15.7. The quantitative estimate of drug-likeness (QED) is 0.692. The summed E-state index contributed by atoms with van der Waals surface area (Å²) in [4.78, 5) is 0. The minimum atomic E-state index is 0.243. The number of nitrogens with zero attached hydrogens (tertiary/aromatic N) is 1. The summed E-state index contributed by atoms with van der Waals surface area (Å²) < 4.78 is 21.1. The van der Waals surface area contributed by atoms with Gasteiger partial charge in [-0.15, -0.1) is 0 Å². The van der Waals surface area contributed by atoms with E-state index in [9.17, 15) is 0 Å². The Hall–Kier alpha value is -2.15. The molecule has 1 saturated heterocycles. The van der Waals surface area contributed by atoms with Crippen molar-refractivity contribution in [1.29, 1.82) is 0 Å². The van der Waals surface area contributed by atoms with E-state index >= 15 is 0 Å². The standard InChI is InChI=1S/C16H17NO4.C4H11N/c1-18-9-13-8-14(21-17-13)7-6-12-4-2-3-5-16(12)20-11-15-10-19-15;1-3-5-4-2/h2-8,15H,9-11H2,1H3;5H,3-4H2,1-2H3. The summed E-state index contributed by atoms with van der Waals surface area (Å²) in [6.45, 7) is 8.21. The topological polar surface area (TPSA) is 69.0 Å². The molecule has 1 N–H and O–H groups in total. The number of hydrogen-bond acceptors (Lipinski definition) is 6. The average molecular weight is 360 g/mol. The third kappa shape index (κ3) is 7.39. The zero-order chi connectivity index (χ0) is 18.6. The van der Waals surface area contributed by atoms with Crippen LogP contribution in [0.1, 0.15) is 30.9 Å². The van der Waals surface area contributed by atoms with Crippen LogP contribution < -0.4 is 10.1 Å². The van der Waals surface area contributed by atoms with Gasteiger partial charge in [0.15, 0.2) is 5.76 Å². The summed E-state index contributed by atoms with van der Waals surface area (Å²) in [7, 11) is 1.63. The van der Waals surface area contributed by atoms with E-state index in [2.05, 4.69) is 24.3 Å². The van der Waals surface area contributed by atoms with Crippen LogP contribution in [0.25, 0.3) is 12.2 Å². The first-order valence-corrected chi connectivity index (χ1v) is 8.93. The van der Waals surface area contributed by atoms with E-state index in [1.165, 1.54) is 0 Å². The molecule has 0 aliphatic carbocycles. The van der Waals surface area contributed by atoms with Gasteiger partial charge in [-0.2, -0.15) is 0 Å². The van der Waals surface area contributed by atoms with Gasteiger partial charge in [0, 0.05) is 18.7 Å². The maximum Gasteiger partial charge on any atom is 0.160 e. The molecule has 1 aliphatic rings. The molecule has 0 amide bonds. The summed E-state index contributed by atoms with van der Waals surface area (Å²) in [6, 6.07) is 9.70. The Kier molecular flexibility index (Phi) is 8.89. The fraction of sp³-hybridized carbons (Fsp3) is 0.450. The Bertz CT molecular complexity index is 663. The number of hydrogen-bond donors (Lipinski definition) is 1. The Morgan fingerprint density at radius 2 is 2.00 bits per heavy atom. The van der Waals surface area contributed by atoms with Crippen LogP contribution in [0.4, 0.5) is 0 Å². The second kappa shape index (κ2) is 11.5. The first-order valence-electron chi connectivity index (χ1n) is 8.93. The first kappa shape index (κ1) is 20.2. The maximum absolute atomic E-state index is 5.75. The molecule has 1 aromatic carbocycles. The molecule has 2 aromatic rings. The smallest absolute Gasteiger partial charge is 0.160 e. The van der Waals surface area contributed by atoms with Crippen molar-refractivity contribution in [3.05, 3.63) is 47.3 Å². The molecule has 26 heavy (non-hydrogen) atoms. The lowest BCUT2D eigenvalue weighted by molar-refractivity contribution is 0.177. The molecule has 142 valence electrons. The highest BCUT2D eigenvalue weighted by atomic mass is 16.6.